The Balaban J connectivity index is 1.98. The Morgan fingerprint density at radius 1 is 0.930 bits per heavy atom. The molecule has 0 amide bonds. The van der Waals surface area contributed by atoms with Gasteiger partial charge in [0.25, 0.3) is 0 Å². The summed E-state index contributed by atoms with van der Waals surface area (Å²) < 4.78 is 57.3. The van der Waals surface area contributed by atoms with Gasteiger partial charge >= 0.3 is 12.1 Å². The standard InChI is InChI=1S/C31H26F3NO8/c1-3-43-28(38)24-22(17-13-15-19(42-2)16-14-17)25(35(40)41)23(18-9-5-4-6-10-18)29(30(24,39)31(32,33)34)26(36)20-11-7-8-12-21(20)27(29)37/h4-16,22-25,39H,3H2,1-2H3/t22-,23+,24+,25-,30-/m1/s1. The van der Waals surface area contributed by atoms with E-state index in [0.29, 0.717) is 0 Å². The van der Waals surface area contributed by atoms with Gasteiger partial charge in [0.1, 0.15) is 17.1 Å². The number of carbonyl (C=O) groups is 3. The van der Waals surface area contributed by atoms with Crippen molar-refractivity contribution in [1.82, 2.24) is 0 Å². The van der Waals surface area contributed by atoms with Crippen LogP contribution in [0.5, 0.6) is 5.75 Å². The number of nitro groups is 1. The second-order valence-corrected chi connectivity index (χ2v) is 10.5. The Kier molecular flexibility index (Phi) is 7.37. The highest BCUT2D eigenvalue weighted by Gasteiger charge is 2.87. The molecule has 1 fully saturated rings. The number of Topliss-reactive ketones (excluding diaryl/α,β-unsaturated/α-hetero) is 2. The van der Waals surface area contributed by atoms with Crippen molar-refractivity contribution in [2.75, 3.05) is 13.7 Å². The summed E-state index contributed by atoms with van der Waals surface area (Å²) in [6, 6.07) is 14.7. The van der Waals surface area contributed by atoms with Crippen molar-refractivity contribution in [2.45, 2.75) is 36.6 Å². The highest BCUT2D eigenvalue weighted by atomic mass is 19.4. The van der Waals surface area contributed by atoms with Crippen LogP contribution in [0.2, 0.25) is 0 Å². The second kappa shape index (κ2) is 10.6. The molecule has 0 heterocycles. The molecule has 1 saturated carbocycles. The maximum absolute atomic E-state index is 15.7. The molecule has 12 heteroatoms. The number of esters is 1. The number of methoxy groups -OCH3 is 1. The van der Waals surface area contributed by atoms with Gasteiger partial charge in [-0.25, -0.2) is 0 Å². The smallest absolute Gasteiger partial charge is 0.419 e. The van der Waals surface area contributed by atoms with Crippen LogP contribution in [0.25, 0.3) is 0 Å². The minimum Gasteiger partial charge on any atom is -0.497 e. The van der Waals surface area contributed by atoms with Crippen LogP contribution in [0.3, 0.4) is 0 Å². The highest BCUT2D eigenvalue weighted by molar-refractivity contribution is 6.31. The Morgan fingerprint density at radius 3 is 1.93 bits per heavy atom. The van der Waals surface area contributed by atoms with E-state index in [2.05, 4.69) is 0 Å². The molecule has 2 aliphatic rings. The van der Waals surface area contributed by atoms with E-state index in [-0.39, 0.29) is 16.9 Å². The second-order valence-electron chi connectivity index (χ2n) is 10.5. The van der Waals surface area contributed by atoms with E-state index in [1.54, 1.807) is 0 Å². The lowest BCUT2D eigenvalue weighted by atomic mass is 9.45. The third-order valence-corrected chi connectivity index (χ3v) is 8.59. The average molecular weight is 598 g/mol. The van der Waals surface area contributed by atoms with Gasteiger partial charge in [-0.1, -0.05) is 66.7 Å². The minimum absolute atomic E-state index is 0.130. The molecule has 0 aromatic heterocycles. The molecular weight excluding hydrogens is 571 g/mol. The first kappa shape index (κ1) is 29.9. The van der Waals surface area contributed by atoms with Crippen molar-refractivity contribution in [3.63, 3.8) is 0 Å². The van der Waals surface area contributed by atoms with E-state index in [4.69, 9.17) is 9.47 Å². The lowest BCUT2D eigenvalue weighted by molar-refractivity contribution is -0.544. The minimum atomic E-state index is -5.84. The Labute approximate surface area is 243 Å². The third-order valence-electron chi connectivity index (χ3n) is 8.59. The summed E-state index contributed by atoms with van der Waals surface area (Å²) in [5.74, 6) is -11.3. The molecule has 3 aromatic rings. The summed E-state index contributed by atoms with van der Waals surface area (Å²) in [6.07, 6.45) is -5.84. The van der Waals surface area contributed by atoms with Crippen LogP contribution >= 0.6 is 0 Å². The number of rotatable bonds is 6. The van der Waals surface area contributed by atoms with Crippen LogP contribution in [-0.4, -0.2) is 59.1 Å². The largest absolute Gasteiger partial charge is 0.497 e. The number of alkyl halides is 3. The molecule has 43 heavy (non-hydrogen) atoms. The molecular formula is C31H26F3NO8. The molecule has 3 aromatic carbocycles. The quantitative estimate of drug-likeness (QED) is 0.186. The van der Waals surface area contributed by atoms with Crippen LogP contribution in [0.4, 0.5) is 13.2 Å². The van der Waals surface area contributed by atoms with Gasteiger partial charge in [0.2, 0.25) is 6.04 Å². The van der Waals surface area contributed by atoms with Gasteiger partial charge in [-0.05, 0) is 30.2 Å². The molecule has 5 rings (SSSR count). The SMILES string of the molecule is CCOC(=O)[C@@H]1[C@@H](c2ccc(OC)cc2)[C@@H]([N+](=O)[O-])[C@H](c2ccccc2)C2(C(=O)c3ccccc3C2=O)[C@@]1(O)C(F)(F)F. The zero-order chi connectivity index (χ0) is 31.3. The summed E-state index contributed by atoms with van der Waals surface area (Å²) in [5, 5.41) is 25.4. The first-order chi connectivity index (χ1) is 20.4. The molecule has 1 spiro atoms. The van der Waals surface area contributed by atoms with Crippen LogP contribution in [0.1, 0.15) is 50.6 Å². The molecule has 9 nitrogen and oxygen atoms in total. The Bertz CT molecular complexity index is 1560. The molecule has 0 saturated heterocycles. The number of halogens is 3. The van der Waals surface area contributed by atoms with Gasteiger partial charge in [-0.2, -0.15) is 13.2 Å². The van der Waals surface area contributed by atoms with Gasteiger partial charge < -0.3 is 14.6 Å². The number of ether oxygens (including phenoxy) is 2. The van der Waals surface area contributed by atoms with E-state index in [9.17, 15) is 29.6 Å². The fourth-order valence-corrected chi connectivity index (χ4v) is 6.96. The van der Waals surface area contributed by atoms with Gasteiger partial charge in [0, 0.05) is 16.1 Å². The Hall–Kier alpha value is -4.58. The summed E-state index contributed by atoms with van der Waals surface area (Å²) in [7, 11) is 1.34. The molecule has 2 aliphatic carbocycles. The number of aliphatic hydroxyl groups is 1. The molecule has 224 valence electrons. The topological polar surface area (TPSA) is 133 Å². The average Bonchev–Trinajstić information content (AvgIpc) is 3.21. The first-order valence-corrected chi connectivity index (χ1v) is 13.3. The van der Waals surface area contributed by atoms with Crippen molar-refractivity contribution in [3.05, 3.63) is 111 Å². The number of nitrogens with zero attached hydrogens (tertiary/aromatic N) is 1. The number of fused-ring (bicyclic) bond motifs is 1. The molecule has 0 unspecified atom stereocenters. The van der Waals surface area contributed by atoms with Crippen LogP contribution < -0.4 is 4.74 Å². The molecule has 1 N–H and O–H groups in total. The fourth-order valence-electron chi connectivity index (χ4n) is 6.96. The van der Waals surface area contributed by atoms with Gasteiger partial charge in [-0.15, -0.1) is 0 Å². The zero-order valence-electron chi connectivity index (χ0n) is 22.9. The van der Waals surface area contributed by atoms with Crippen molar-refractivity contribution in [2.24, 2.45) is 11.3 Å². The monoisotopic (exact) mass is 597 g/mol. The van der Waals surface area contributed by atoms with E-state index in [1.807, 2.05) is 0 Å². The predicted octanol–water partition coefficient (Wildman–Crippen LogP) is 4.76. The molecule has 0 bridgehead atoms. The highest BCUT2D eigenvalue weighted by Crippen LogP contribution is 2.68. The van der Waals surface area contributed by atoms with E-state index < -0.39 is 81.2 Å². The number of hydrogen-bond acceptors (Lipinski definition) is 8. The number of ketones is 2. The number of benzene rings is 3. The molecule has 5 atom stereocenters. The molecule has 0 aliphatic heterocycles. The summed E-state index contributed by atoms with van der Waals surface area (Å²) in [5.41, 5.74) is -9.17. The fraction of sp³-hybridized carbons (Fsp3) is 0.323. The third kappa shape index (κ3) is 4.07. The van der Waals surface area contributed by atoms with E-state index >= 15 is 13.2 Å². The zero-order valence-corrected chi connectivity index (χ0v) is 22.9. The van der Waals surface area contributed by atoms with Crippen molar-refractivity contribution >= 4 is 17.5 Å². The number of carbonyl (C=O) groups excluding carboxylic acids is 3. The normalized spacial score (nSPS) is 26.2. The van der Waals surface area contributed by atoms with Crippen molar-refractivity contribution < 1.29 is 47.1 Å². The Morgan fingerprint density at radius 2 is 1.47 bits per heavy atom. The predicted molar refractivity (Wildman–Crippen MR) is 144 cm³/mol. The lowest BCUT2D eigenvalue weighted by Gasteiger charge is -2.56. The number of hydrogen-bond donors (Lipinski definition) is 1. The maximum Gasteiger partial charge on any atom is 0.419 e. The summed E-state index contributed by atoms with van der Waals surface area (Å²) in [6.45, 7) is 0.865. The van der Waals surface area contributed by atoms with Gasteiger partial charge in [0.05, 0.1) is 25.6 Å². The van der Waals surface area contributed by atoms with Gasteiger partial charge in [-0.3, -0.25) is 24.5 Å². The summed E-state index contributed by atoms with van der Waals surface area (Å²) >= 11 is 0. The van der Waals surface area contributed by atoms with E-state index in [1.165, 1.54) is 80.8 Å². The maximum atomic E-state index is 15.7. The van der Waals surface area contributed by atoms with Crippen molar-refractivity contribution in [3.8, 4) is 5.75 Å². The van der Waals surface area contributed by atoms with Crippen LogP contribution in [0.15, 0.2) is 78.9 Å². The first-order valence-electron chi connectivity index (χ1n) is 13.3. The lowest BCUT2D eigenvalue weighted by Crippen LogP contribution is -2.76. The summed E-state index contributed by atoms with van der Waals surface area (Å²) in [4.78, 5) is 54.6. The van der Waals surface area contributed by atoms with E-state index in [0.717, 1.165) is 12.1 Å². The van der Waals surface area contributed by atoms with Crippen molar-refractivity contribution in [1.29, 1.82) is 0 Å². The molecule has 0 radical (unpaired) electrons. The van der Waals surface area contributed by atoms with Crippen LogP contribution in [0, 0.1) is 21.4 Å². The van der Waals surface area contributed by atoms with Gasteiger partial charge in [0.15, 0.2) is 17.2 Å². The van der Waals surface area contributed by atoms with Crippen LogP contribution in [-0.2, 0) is 9.53 Å².